The number of carbonyl (C=O) groups is 1. The van der Waals surface area contributed by atoms with Crippen LogP contribution in [0.2, 0.25) is 0 Å². The van der Waals surface area contributed by atoms with Crippen molar-refractivity contribution in [1.29, 1.82) is 0 Å². The van der Waals surface area contributed by atoms with E-state index in [1.165, 1.54) is 0 Å². The van der Waals surface area contributed by atoms with Crippen LogP contribution < -0.4 is 16.0 Å². The molecule has 0 saturated carbocycles. The Labute approximate surface area is 175 Å². The fourth-order valence-electron chi connectivity index (χ4n) is 3.58. The molecule has 9 heteroatoms. The molecular formula is C21H27N7O2. The number of piperidine rings is 1. The standard InChI is InChI=1S/C21H27N7O2/c1-13-9-14(2)28(27-13)19-10-18(25-21(26-19)17-7-6-15(3)30-17)24-20(29)12-23-16-5-4-8-22-11-16/h6-7,9-10,16,22-23H,4-5,8,11-12H2,1-3H3,(H,24,25,26,29). The molecule has 3 aromatic heterocycles. The van der Waals surface area contributed by atoms with Crippen molar-refractivity contribution >= 4 is 11.7 Å². The van der Waals surface area contributed by atoms with Crippen molar-refractivity contribution in [2.75, 3.05) is 25.0 Å². The third-order valence-corrected chi connectivity index (χ3v) is 5.02. The molecule has 1 fully saturated rings. The summed E-state index contributed by atoms with van der Waals surface area (Å²) in [6.07, 6.45) is 2.18. The summed E-state index contributed by atoms with van der Waals surface area (Å²) in [6.45, 7) is 7.89. The number of rotatable bonds is 6. The highest BCUT2D eigenvalue weighted by Gasteiger charge is 2.17. The van der Waals surface area contributed by atoms with Crippen molar-refractivity contribution in [2.45, 2.75) is 39.7 Å². The normalized spacial score (nSPS) is 16.6. The SMILES string of the molecule is Cc1cc(C)n(-c2cc(NC(=O)CNC3CCCNC3)nc(-c3ccc(C)o3)n2)n1. The third kappa shape index (κ3) is 4.74. The summed E-state index contributed by atoms with van der Waals surface area (Å²) in [5.41, 5.74) is 1.83. The van der Waals surface area contributed by atoms with E-state index < -0.39 is 0 Å². The van der Waals surface area contributed by atoms with Gasteiger partial charge in [-0.1, -0.05) is 0 Å². The van der Waals surface area contributed by atoms with Crippen molar-refractivity contribution in [2.24, 2.45) is 0 Å². The summed E-state index contributed by atoms with van der Waals surface area (Å²) in [7, 11) is 0. The number of aromatic nitrogens is 4. The van der Waals surface area contributed by atoms with E-state index in [0.29, 0.717) is 29.3 Å². The second-order valence-electron chi connectivity index (χ2n) is 7.66. The smallest absolute Gasteiger partial charge is 0.239 e. The number of carbonyl (C=O) groups excluding carboxylic acids is 1. The molecule has 1 amide bonds. The highest BCUT2D eigenvalue weighted by molar-refractivity contribution is 5.91. The van der Waals surface area contributed by atoms with Gasteiger partial charge in [-0.05, 0) is 58.4 Å². The molecule has 9 nitrogen and oxygen atoms in total. The number of hydrogen-bond donors (Lipinski definition) is 3. The fraction of sp³-hybridized carbons (Fsp3) is 0.429. The molecule has 4 rings (SSSR count). The Morgan fingerprint density at radius 3 is 2.80 bits per heavy atom. The molecule has 3 N–H and O–H groups in total. The van der Waals surface area contributed by atoms with Crippen molar-refractivity contribution in [3.05, 3.63) is 41.4 Å². The maximum Gasteiger partial charge on any atom is 0.239 e. The van der Waals surface area contributed by atoms with Crippen LogP contribution in [-0.4, -0.2) is 51.3 Å². The average molecular weight is 409 g/mol. The van der Waals surface area contributed by atoms with Gasteiger partial charge < -0.3 is 20.4 Å². The molecule has 1 unspecified atom stereocenters. The van der Waals surface area contributed by atoms with Crippen LogP contribution in [0.25, 0.3) is 17.4 Å². The molecule has 0 spiro atoms. The molecule has 0 radical (unpaired) electrons. The quantitative estimate of drug-likeness (QED) is 0.572. The van der Waals surface area contributed by atoms with Crippen molar-refractivity contribution in [1.82, 2.24) is 30.4 Å². The summed E-state index contributed by atoms with van der Waals surface area (Å²) in [5, 5.41) is 14.0. The molecule has 1 aliphatic rings. The van der Waals surface area contributed by atoms with E-state index in [1.807, 2.05) is 39.0 Å². The summed E-state index contributed by atoms with van der Waals surface area (Å²) in [4.78, 5) is 21.6. The minimum atomic E-state index is -0.153. The Morgan fingerprint density at radius 1 is 1.27 bits per heavy atom. The Balaban J connectivity index is 1.57. The summed E-state index contributed by atoms with van der Waals surface area (Å²) in [6, 6.07) is 7.67. The van der Waals surface area contributed by atoms with E-state index >= 15 is 0 Å². The molecular weight excluding hydrogens is 382 g/mol. The summed E-state index contributed by atoms with van der Waals surface area (Å²) in [5.74, 6) is 2.52. The van der Waals surface area contributed by atoms with Gasteiger partial charge in [0, 0.05) is 24.3 Å². The first-order valence-corrected chi connectivity index (χ1v) is 10.2. The fourth-order valence-corrected chi connectivity index (χ4v) is 3.58. The molecule has 3 aromatic rings. The summed E-state index contributed by atoms with van der Waals surface area (Å²) >= 11 is 0. The second-order valence-corrected chi connectivity index (χ2v) is 7.66. The molecule has 0 aromatic carbocycles. The first-order valence-electron chi connectivity index (χ1n) is 10.2. The van der Waals surface area contributed by atoms with Gasteiger partial charge in [-0.2, -0.15) is 5.10 Å². The van der Waals surface area contributed by atoms with Crippen molar-refractivity contribution < 1.29 is 9.21 Å². The van der Waals surface area contributed by atoms with Crippen LogP contribution in [0.15, 0.2) is 28.7 Å². The van der Waals surface area contributed by atoms with Crippen LogP contribution in [0.5, 0.6) is 0 Å². The van der Waals surface area contributed by atoms with E-state index in [-0.39, 0.29) is 12.5 Å². The topological polar surface area (TPSA) is 110 Å². The highest BCUT2D eigenvalue weighted by Crippen LogP contribution is 2.22. The lowest BCUT2D eigenvalue weighted by atomic mass is 10.1. The second kappa shape index (κ2) is 8.76. The zero-order valence-corrected chi connectivity index (χ0v) is 17.5. The maximum atomic E-state index is 12.5. The predicted molar refractivity (Wildman–Crippen MR) is 114 cm³/mol. The van der Waals surface area contributed by atoms with E-state index in [0.717, 1.165) is 43.1 Å². The van der Waals surface area contributed by atoms with E-state index in [2.05, 4.69) is 31.0 Å². The van der Waals surface area contributed by atoms with Gasteiger partial charge in [-0.3, -0.25) is 4.79 Å². The summed E-state index contributed by atoms with van der Waals surface area (Å²) < 4.78 is 7.43. The van der Waals surface area contributed by atoms with Crippen molar-refractivity contribution in [3.8, 4) is 17.4 Å². The number of anilines is 1. The van der Waals surface area contributed by atoms with Crippen molar-refractivity contribution in [3.63, 3.8) is 0 Å². The minimum absolute atomic E-state index is 0.153. The van der Waals surface area contributed by atoms with Gasteiger partial charge in [0.25, 0.3) is 0 Å². The molecule has 30 heavy (non-hydrogen) atoms. The van der Waals surface area contributed by atoms with E-state index in [1.54, 1.807) is 10.7 Å². The largest absolute Gasteiger partial charge is 0.458 e. The predicted octanol–water partition coefficient (Wildman–Crippen LogP) is 2.13. The van der Waals surface area contributed by atoms with Crippen LogP contribution in [0.3, 0.4) is 0 Å². The zero-order valence-electron chi connectivity index (χ0n) is 17.5. The van der Waals surface area contributed by atoms with Gasteiger partial charge in [0.1, 0.15) is 11.6 Å². The molecule has 0 aliphatic carbocycles. The molecule has 0 bridgehead atoms. The van der Waals surface area contributed by atoms with Gasteiger partial charge in [0.2, 0.25) is 5.91 Å². The number of nitrogens with zero attached hydrogens (tertiary/aromatic N) is 4. The lowest BCUT2D eigenvalue weighted by Crippen LogP contribution is -2.45. The first-order chi connectivity index (χ1) is 14.5. The van der Waals surface area contributed by atoms with Gasteiger partial charge in [0.15, 0.2) is 17.4 Å². The molecule has 1 aliphatic heterocycles. The molecule has 1 atom stereocenters. The first kappa shape index (κ1) is 20.2. The Kier molecular flexibility index (Phi) is 5.91. The van der Waals surface area contributed by atoms with Gasteiger partial charge >= 0.3 is 0 Å². The third-order valence-electron chi connectivity index (χ3n) is 5.02. The number of nitrogens with one attached hydrogen (secondary N) is 3. The van der Waals surface area contributed by atoms with Gasteiger partial charge in [-0.15, -0.1) is 0 Å². The number of aryl methyl sites for hydroxylation is 3. The highest BCUT2D eigenvalue weighted by atomic mass is 16.3. The minimum Gasteiger partial charge on any atom is -0.458 e. The number of hydrogen-bond acceptors (Lipinski definition) is 7. The van der Waals surface area contributed by atoms with Crippen LogP contribution in [0.1, 0.15) is 30.0 Å². The van der Waals surface area contributed by atoms with E-state index in [4.69, 9.17) is 4.42 Å². The van der Waals surface area contributed by atoms with Crippen LogP contribution in [0.4, 0.5) is 5.82 Å². The lowest BCUT2D eigenvalue weighted by molar-refractivity contribution is -0.115. The van der Waals surface area contributed by atoms with E-state index in [9.17, 15) is 4.79 Å². The molecule has 158 valence electrons. The monoisotopic (exact) mass is 409 g/mol. The zero-order chi connectivity index (χ0) is 21.1. The van der Waals surface area contributed by atoms with Gasteiger partial charge in [0.05, 0.1) is 12.2 Å². The van der Waals surface area contributed by atoms with Crippen LogP contribution in [0, 0.1) is 20.8 Å². The molecule has 1 saturated heterocycles. The number of amides is 1. The van der Waals surface area contributed by atoms with Crippen LogP contribution in [-0.2, 0) is 4.79 Å². The average Bonchev–Trinajstić information content (AvgIpc) is 3.31. The molecule has 4 heterocycles. The maximum absolute atomic E-state index is 12.5. The lowest BCUT2D eigenvalue weighted by Gasteiger charge is -2.23. The Morgan fingerprint density at radius 2 is 2.13 bits per heavy atom. The Hall–Kier alpha value is -3.04. The van der Waals surface area contributed by atoms with Gasteiger partial charge in [-0.25, -0.2) is 14.6 Å². The number of furan rings is 1. The van der Waals surface area contributed by atoms with Crippen LogP contribution >= 0.6 is 0 Å². The Bertz CT molecular complexity index is 1030.